The number of carbonyl (C=O) groups excluding carboxylic acids is 3. The molecule has 0 radical (unpaired) electrons. The first kappa shape index (κ1) is 17.7. The van der Waals surface area contributed by atoms with Crippen LogP contribution >= 0.6 is 11.3 Å². The lowest BCUT2D eigenvalue weighted by molar-refractivity contribution is -0.146. The molecule has 2 amide bonds. The monoisotopic (exact) mass is 372 g/mol. The Morgan fingerprint density at radius 3 is 2.73 bits per heavy atom. The second-order valence-corrected chi connectivity index (χ2v) is 6.39. The molecular formula is C17H16N4O4S. The fourth-order valence-electron chi connectivity index (χ4n) is 2.18. The fourth-order valence-corrected chi connectivity index (χ4v) is 2.91. The summed E-state index contributed by atoms with van der Waals surface area (Å²) in [4.78, 5) is 39.5. The molecule has 1 aromatic heterocycles. The normalized spacial score (nSPS) is 14.8. The van der Waals surface area contributed by atoms with Crippen LogP contribution in [0, 0.1) is 0 Å². The Hall–Kier alpha value is -3.07. The van der Waals surface area contributed by atoms with Crippen LogP contribution in [0.2, 0.25) is 0 Å². The van der Waals surface area contributed by atoms with Gasteiger partial charge in [0.25, 0.3) is 5.91 Å². The van der Waals surface area contributed by atoms with Crippen LogP contribution in [0.5, 0.6) is 0 Å². The van der Waals surface area contributed by atoms with Gasteiger partial charge in [-0.3, -0.25) is 14.9 Å². The number of benzene rings is 1. The molecule has 1 aliphatic rings. The van der Waals surface area contributed by atoms with Crippen molar-refractivity contribution in [2.45, 2.75) is 25.9 Å². The van der Waals surface area contributed by atoms with Gasteiger partial charge in [-0.15, -0.1) is 11.3 Å². The van der Waals surface area contributed by atoms with Crippen molar-refractivity contribution in [3.8, 4) is 11.3 Å². The molecule has 0 saturated heterocycles. The van der Waals surface area contributed by atoms with Gasteiger partial charge in [-0.05, 0) is 6.92 Å². The van der Waals surface area contributed by atoms with Crippen LogP contribution in [-0.2, 0) is 19.1 Å². The van der Waals surface area contributed by atoms with E-state index in [1.54, 1.807) is 0 Å². The molecule has 8 nitrogen and oxygen atoms in total. The number of anilines is 1. The van der Waals surface area contributed by atoms with Crippen LogP contribution in [0.15, 0.2) is 40.8 Å². The SMILES string of the molecule is C[C@H](OC(=O)C1=NNC(=O)CC1)C(=O)Nc1nc(-c2ccccc2)cs1. The number of hydrogen-bond acceptors (Lipinski definition) is 7. The lowest BCUT2D eigenvalue weighted by atomic mass is 10.2. The van der Waals surface area contributed by atoms with E-state index in [0.29, 0.717) is 5.13 Å². The van der Waals surface area contributed by atoms with E-state index in [1.165, 1.54) is 18.3 Å². The molecule has 2 N–H and O–H groups in total. The third-order valence-corrected chi connectivity index (χ3v) is 4.35. The van der Waals surface area contributed by atoms with Gasteiger partial charge in [-0.2, -0.15) is 5.10 Å². The highest BCUT2D eigenvalue weighted by atomic mass is 32.1. The maximum atomic E-state index is 12.2. The van der Waals surface area contributed by atoms with E-state index in [0.717, 1.165) is 11.3 Å². The van der Waals surface area contributed by atoms with E-state index in [2.05, 4.69) is 20.8 Å². The van der Waals surface area contributed by atoms with E-state index >= 15 is 0 Å². The molecule has 26 heavy (non-hydrogen) atoms. The minimum Gasteiger partial charge on any atom is -0.448 e. The highest BCUT2D eigenvalue weighted by Crippen LogP contribution is 2.24. The van der Waals surface area contributed by atoms with Gasteiger partial charge in [0.2, 0.25) is 5.91 Å². The van der Waals surface area contributed by atoms with E-state index in [4.69, 9.17) is 4.74 Å². The van der Waals surface area contributed by atoms with Gasteiger partial charge >= 0.3 is 5.97 Å². The van der Waals surface area contributed by atoms with Crippen LogP contribution in [0.25, 0.3) is 11.3 Å². The number of hydrazone groups is 1. The average molecular weight is 372 g/mol. The third kappa shape index (κ3) is 4.31. The number of amides is 2. The number of aromatic nitrogens is 1. The fraction of sp³-hybridized carbons (Fsp3) is 0.235. The van der Waals surface area contributed by atoms with E-state index in [1.807, 2.05) is 35.7 Å². The van der Waals surface area contributed by atoms with Crippen molar-refractivity contribution in [3.63, 3.8) is 0 Å². The molecule has 0 spiro atoms. The highest BCUT2D eigenvalue weighted by molar-refractivity contribution is 7.14. The van der Waals surface area contributed by atoms with Crippen molar-refractivity contribution in [1.29, 1.82) is 0 Å². The Morgan fingerprint density at radius 1 is 1.27 bits per heavy atom. The molecule has 0 fully saturated rings. The summed E-state index contributed by atoms with van der Waals surface area (Å²) in [5.74, 6) is -1.48. The predicted molar refractivity (Wildman–Crippen MR) is 96.5 cm³/mol. The Balaban J connectivity index is 1.57. The summed E-state index contributed by atoms with van der Waals surface area (Å²) in [5.41, 5.74) is 4.00. The number of nitrogens with one attached hydrogen (secondary N) is 2. The smallest absolute Gasteiger partial charge is 0.355 e. The predicted octanol–water partition coefficient (Wildman–Crippen LogP) is 1.95. The Morgan fingerprint density at radius 2 is 2.04 bits per heavy atom. The molecule has 1 aromatic carbocycles. The van der Waals surface area contributed by atoms with Gasteiger partial charge in [-0.25, -0.2) is 15.2 Å². The number of hydrogen-bond donors (Lipinski definition) is 2. The molecule has 3 rings (SSSR count). The van der Waals surface area contributed by atoms with Crippen molar-refractivity contribution in [2.75, 3.05) is 5.32 Å². The topological polar surface area (TPSA) is 110 Å². The van der Waals surface area contributed by atoms with Crippen LogP contribution in [0.4, 0.5) is 5.13 Å². The molecule has 0 saturated carbocycles. The van der Waals surface area contributed by atoms with Crippen molar-refractivity contribution >= 4 is 40.0 Å². The number of esters is 1. The Kier molecular flexibility index (Phi) is 5.37. The molecule has 9 heteroatoms. The molecule has 0 bridgehead atoms. The zero-order valence-electron chi connectivity index (χ0n) is 13.9. The van der Waals surface area contributed by atoms with Gasteiger partial charge in [0.05, 0.1) is 5.69 Å². The maximum Gasteiger partial charge on any atom is 0.355 e. The zero-order chi connectivity index (χ0) is 18.5. The first-order valence-electron chi connectivity index (χ1n) is 7.91. The lowest BCUT2D eigenvalue weighted by Crippen LogP contribution is -2.35. The summed E-state index contributed by atoms with van der Waals surface area (Å²) >= 11 is 1.28. The first-order valence-corrected chi connectivity index (χ1v) is 8.79. The summed E-state index contributed by atoms with van der Waals surface area (Å²) in [6.07, 6.45) is -0.672. The molecule has 1 aliphatic heterocycles. The molecule has 134 valence electrons. The van der Waals surface area contributed by atoms with Gasteiger partial charge in [-0.1, -0.05) is 30.3 Å². The third-order valence-electron chi connectivity index (χ3n) is 3.60. The van der Waals surface area contributed by atoms with Crippen molar-refractivity contribution in [2.24, 2.45) is 5.10 Å². The lowest BCUT2D eigenvalue weighted by Gasteiger charge is -2.15. The molecule has 2 aromatic rings. The largest absolute Gasteiger partial charge is 0.448 e. The maximum absolute atomic E-state index is 12.2. The van der Waals surface area contributed by atoms with E-state index < -0.39 is 18.0 Å². The molecule has 2 heterocycles. The van der Waals surface area contributed by atoms with Crippen LogP contribution in [0.1, 0.15) is 19.8 Å². The first-order chi connectivity index (χ1) is 12.5. The summed E-state index contributed by atoms with van der Waals surface area (Å²) < 4.78 is 5.09. The molecular weight excluding hydrogens is 356 g/mol. The molecule has 0 unspecified atom stereocenters. The van der Waals surface area contributed by atoms with Crippen molar-refractivity contribution in [3.05, 3.63) is 35.7 Å². The average Bonchev–Trinajstić information content (AvgIpc) is 3.11. The second-order valence-electron chi connectivity index (χ2n) is 5.53. The highest BCUT2D eigenvalue weighted by Gasteiger charge is 2.24. The zero-order valence-corrected chi connectivity index (χ0v) is 14.7. The second kappa shape index (κ2) is 7.87. The summed E-state index contributed by atoms with van der Waals surface area (Å²) in [6.45, 7) is 1.46. The van der Waals surface area contributed by atoms with Gasteiger partial charge in [0.15, 0.2) is 11.2 Å². The van der Waals surface area contributed by atoms with Gasteiger partial charge < -0.3 is 4.74 Å². The quantitative estimate of drug-likeness (QED) is 0.780. The Labute approximate surface area is 153 Å². The van der Waals surface area contributed by atoms with E-state index in [9.17, 15) is 14.4 Å². The minimum absolute atomic E-state index is 0.0878. The number of ether oxygens (including phenoxy) is 1. The number of carbonyl (C=O) groups is 3. The van der Waals surface area contributed by atoms with E-state index in [-0.39, 0.29) is 24.5 Å². The number of rotatable bonds is 5. The number of nitrogens with zero attached hydrogens (tertiary/aromatic N) is 2. The van der Waals surface area contributed by atoms with Crippen molar-refractivity contribution in [1.82, 2.24) is 10.4 Å². The van der Waals surface area contributed by atoms with Crippen LogP contribution in [-0.4, -0.2) is 34.6 Å². The summed E-state index contributed by atoms with van der Waals surface area (Å²) in [5, 5.41) is 8.52. The Bertz CT molecular complexity index is 863. The van der Waals surface area contributed by atoms with Crippen molar-refractivity contribution < 1.29 is 19.1 Å². The summed E-state index contributed by atoms with van der Waals surface area (Å²) in [6, 6.07) is 9.58. The van der Waals surface area contributed by atoms with Gasteiger partial charge in [0, 0.05) is 23.8 Å². The molecule has 1 atom stereocenters. The van der Waals surface area contributed by atoms with Crippen LogP contribution in [0.3, 0.4) is 0 Å². The van der Waals surface area contributed by atoms with Gasteiger partial charge in [0.1, 0.15) is 5.71 Å². The summed E-state index contributed by atoms with van der Waals surface area (Å²) in [7, 11) is 0. The van der Waals surface area contributed by atoms with Crippen LogP contribution < -0.4 is 10.7 Å². The standard InChI is InChI=1S/C17H16N4O4S/c1-10(25-16(24)12-7-8-14(22)21-20-12)15(23)19-17-18-13(9-26-17)11-5-3-2-4-6-11/h2-6,9-10H,7-8H2,1H3,(H,21,22)(H,18,19,23)/t10-/m0/s1. The number of thiazole rings is 1. The molecule has 0 aliphatic carbocycles. The minimum atomic E-state index is -1.02.